The smallest absolute Gasteiger partial charge is 0.123 e. The lowest BCUT2D eigenvalue weighted by Crippen LogP contribution is -2.17. The van der Waals surface area contributed by atoms with Gasteiger partial charge in [-0.2, -0.15) is 0 Å². The van der Waals surface area contributed by atoms with E-state index in [9.17, 15) is 4.39 Å². The van der Waals surface area contributed by atoms with E-state index in [1.807, 2.05) is 23.5 Å². The lowest BCUT2D eigenvalue weighted by Gasteiger charge is -2.13. The number of halogens is 1. The summed E-state index contributed by atoms with van der Waals surface area (Å²) in [6.07, 6.45) is 0. The number of nitrogens with one attached hydrogen (secondary N) is 1. The van der Waals surface area contributed by atoms with E-state index in [-0.39, 0.29) is 11.9 Å². The third-order valence-corrected chi connectivity index (χ3v) is 5.26. The van der Waals surface area contributed by atoms with Crippen LogP contribution in [-0.2, 0) is 6.54 Å². The highest BCUT2D eigenvalue weighted by atomic mass is 32.1. The highest BCUT2D eigenvalue weighted by Crippen LogP contribution is 2.34. The SMILES string of the molecule is Cc1c(C(C)NCc2ccc(F)cc2)sc2ccccc12. The molecule has 3 rings (SSSR count). The van der Waals surface area contributed by atoms with Gasteiger partial charge >= 0.3 is 0 Å². The molecule has 108 valence electrons. The maximum atomic E-state index is 12.9. The standard InChI is InChI=1S/C18H18FNS/c1-12-16-5-3-4-6-17(16)21-18(12)13(2)20-11-14-7-9-15(19)10-8-14/h3-10,13,20H,11H2,1-2H3. The van der Waals surface area contributed by atoms with Crippen molar-refractivity contribution in [2.75, 3.05) is 0 Å². The van der Waals surface area contributed by atoms with Crippen molar-refractivity contribution >= 4 is 21.4 Å². The fourth-order valence-electron chi connectivity index (χ4n) is 2.57. The minimum Gasteiger partial charge on any atom is -0.305 e. The van der Waals surface area contributed by atoms with Gasteiger partial charge in [-0.3, -0.25) is 0 Å². The average Bonchev–Trinajstić information content (AvgIpc) is 2.84. The van der Waals surface area contributed by atoms with Crippen LogP contribution in [0.25, 0.3) is 10.1 Å². The number of thiophene rings is 1. The summed E-state index contributed by atoms with van der Waals surface area (Å²) < 4.78 is 14.2. The monoisotopic (exact) mass is 299 g/mol. The zero-order chi connectivity index (χ0) is 14.8. The minimum atomic E-state index is -0.188. The van der Waals surface area contributed by atoms with Gasteiger partial charge in [0.05, 0.1) is 0 Å². The Labute approximate surface area is 128 Å². The first kappa shape index (κ1) is 14.2. The van der Waals surface area contributed by atoms with Crippen LogP contribution in [0.3, 0.4) is 0 Å². The maximum absolute atomic E-state index is 12.9. The quantitative estimate of drug-likeness (QED) is 0.698. The van der Waals surface area contributed by atoms with Gasteiger partial charge in [-0.1, -0.05) is 30.3 Å². The first-order chi connectivity index (χ1) is 10.1. The molecule has 1 unspecified atom stereocenters. The molecule has 1 nitrogen and oxygen atoms in total. The lowest BCUT2D eigenvalue weighted by molar-refractivity contribution is 0.579. The maximum Gasteiger partial charge on any atom is 0.123 e. The second-order valence-corrected chi connectivity index (χ2v) is 6.40. The molecular weight excluding hydrogens is 281 g/mol. The molecule has 0 saturated heterocycles. The summed E-state index contributed by atoms with van der Waals surface area (Å²) in [6, 6.07) is 15.5. The number of rotatable bonds is 4. The molecule has 1 aromatic heterocycles. The third-order valence-electron chi connectivity index (χ3n) is 3.80. The number of hydrogen-bond donors (Lipinski definition) is 1. The zero-order valence-electron chi connectivity index (χ0n) is 12.2. The van der Waals surface area contributed by atoms with Crippen LogP contribution in [0.5, 0.6) is 0 Å². The highest BCUT2D eigenvalue weighted by Gasteiger charge is 2.13. The second-order valence-electron chi connectivity index (χ2n) is 5.32. The minimum absolute atomic E-state index is 0.188. The number of hydrogen-bond acceptors (Lipinski definition) is 2. The van der Waals surface area contributed by atoms with Gasteiger partial charge in [0.2, 0.25) is 0 Å². The summed E-state index contributed by atoms with van der Waals surface area (Å²) >= 11 is 1.85. The summed E-state index contributed by atoms with van der Waals surface area (Å²) in [6.45, 7) is 5.11. The normalized spacial score (nSPS) is 12.7. The third kappa shape index (κ3) is 2.99. The summed E-state index contributed by atoms with van der Waals surface area (Å²) in [5.41, 5.74) is 2.46. The van der Waals surface area contributed by atoms with Gasteiger partial charge in [0.25, 0.3) is 0 Å². The predicted molar refractivity (Wildman–Crippen MR) is 88.2 cm³/mol. The Morgan fingerprint density at radius 1 is 1.10 bits per heavy atom. The van der Waals surface area contributed by atoms with E-state index in [1.54, 1.807) is 0 Å². The molecule has 0 amide bonds. The molecular formula is C18H18FNS. The summed E-state index contributed by atoms with van der Waals surface area (Å²) in [4.78, 5) is 1.37. The Bertz CT molecular complexity index is 746. The molecule has 0 aliphatic rings. The predicted octanol–water partition coefficient (Wildman–Crippen LogP) is 5.20. The van der Waals surface area contributed by atoms with Crippen molar-refractivity contribution in [2.24, 2.45) is 0 Å². The Morgan fingerprint density at radius 2 is 1.81 bits per heavy atom. The van der Waals surface area contributed by atoms with E-state index in [0.29, 0.717) is 0 Å². The molecule has 0 aliphatic carbocycles. The van der Waals surface area contributed by atoms with Gasteiger partial charge in [-0.15, -0.1) is 11.3 Å². The molecule has 2 aromatic carbocycles. The van der Waals surface area contributed by atoms with Crippen LogP contribution < -0.4 is 5.32 Å². The van der Waals surface area contributed by atoms with Gasteiger partial charge in [0.1, 0.15) is 5.82 Å². The Kier molecular flexibility index (Phi) is 4.04. The molecule has 0 aliphatic heterocycles. The molecule has 1 N–H and O–H groups in total. The van der Waals surface area contributed by atoms with Gasteiger partial charge in [-0.25, -0.2) is 4.39 Å². The van der Waals surface area contributed by atoms with Crippen molar-refractivity contribution in [1.82, 2.24) is 5.32 Å². The molecule has 0 saturated carbocycles. The largest absolute Gasteiger partial charge is 0.305 e. The molecule has 0 bridgehead atoms. The van der Waals surface area contributed by atoms with Crippen LogP contribution in [0.15, 0.2) is 48.5 Å². The van der Waals surface area contributed by atoms with Crippen molar-refractivity contribution in [3.63, 3.8) is 0 Å². The Hall–Kier alpha value is -1.71. The van der Waals surface area contributed by atoms with Gasteiger partial charge in [0.15, 0.2) is 0 Å². The number of benzene rings is 2. The highest BCUT2D eigenvalue weighted by molar-refractivity contribution is 7.19. The first-order valence-electron chi connectivity index (χ1n) is 7.11. The van der Waals surface area contributed by atoms with Gasteiger partial charge < -0.3 is 5.32 Å². The Morgan fingerprint density at radius 3 is 2.52 bits per heavy atom. The van der Waals surface area contributed by atoms with Crippen molar-refractivity contribution in [1.29, 1.82) is 0 Å². The van der Waals surface area contributed by atoms with Crippen molar-refractivity contribution in [3.05, 3.63) is 70.4 Å². The average molecular weight is 299 g/mol. The molecule has 0 fully saturated rings. The second kappa shape index (κ2) is 5.96. The van der Waals surface area contributed by atoms with E-state index < -0.39 is 0 Å². The van der Waals surface area contributed by atoms with Crippen molar-refractivity contribution in [3.8, 4) is 0 Å². The molecule has 0 radical (unpaired) electrons. The lowest BCUT2D eigenvalue weighted by atomic mass is 10.1. The summed E-state index contributed by atoms with van der Waals surface area (Å²) in [7, 11) is 0. The van der Waals surface area contributed by atoms with E-state index in [1.165, 1.54) is 32.7 Å². The summed E-state index contributed by atoms with van der Waals surface area (Å²) in [5, 5.41) is 4.87. The van der Waals surface area contributed by atoms with E-state index in [4.69, 9.17) is 0 Å². The number of aryl methyl sites for hydroxylation is 1. The van der Waals surface area contributed by atoms with Gasteiger partial charge in [-0.05, 0) is 48.6 Å². The van der Waals surface area contributed by atoms with Crippen LogP contribution in [-0.4, -0.2) is 0 Å². The molecule has 0 spiro atoms. The van der Waals surface area contributed by atoms with Crippen LogP contribution in [0.1, 0.15) is 29.0 Å². The van der Waals surface area contributed by atoms with E-state index in [2.05, 4.69) is 43.4 Å². The number of fused-ring (bicyclic) bond motifs is 1. The van der Waals surface area contributed by atoms with Crippen LogP contribution in [0.4, 0.5) is 4.39 Å². The zero-order valence-corrected chi connectivity index (χ0v) is 13.0. The topological polar surface area (TPSA) is 12.0 Å². The molecule has 21 heavy (non-hydrogen) atoms. The fraction of sp³-hybridized carbons (Fsp3) is 0.222. The van der Waals surface area contributed by atoms with Crippen LogP contribution >= 0.6 is 11.3 Å². The molecule has 1 atom stereocenters. The fourth-order valence-corrected chi connectivity index (χ4v) is 3.81. The van der Waals surface area contributed by atoms with E-state index >= 15 is 0 Å². The molecule has 1 heterocycles. The van der Waals surface area contributed by atoms with Crippen molar-refractivity contribution < 1.29 is 4.39 Å². The molecule has 3 heteroatoms. The Balaban J connectivity index is 1.76. The van der Waals surface area contributed by atoms with Gasteiger partial charge in [0, 0.05) is 22.2 Å². The van der Waals surface area contributed by atoms with Crippen LogP contribution in [0.2, 0.25) is 0 Å². The van der Waals surface area contributed by atoms with E-state index in [0.717, 1.165) is 12.1 Å². The van der Waals surface area contributed by atoms with Crippen LogP contribution in [0, 0.1) is 12.7 Å². The van der Waals surface area contributed by atoms with Crippen molar-refractivity contribution in [2.45, 2.75) is 26.4 Å². The molecule has 3 aromatic rings. The summed E-state index contributed by atoms with van der Waals surface area (Å²) in [5.74, 6) is -0.188. The first-order valence-corrected chi connectivity index (χ1v) is 7.92.